The molecule has 2 heteroatoms. The lowest BCUT2D eigenvalue weighted by Crippen LogP contribution is -2.29. The van der Waals surface area contributed by atoms with Crippen molar-refractivity contribution in [3.8, 4) is 0 Å². The fourth-order valence-corrected chi connectivity index (χ4v) is 1.84. The molecule has 0 heterocycles. The zero-order chi connectivity index (χ0) is 11.8. The van der Waals surface area contributed by atoms with E-state index in [0.29, 0.717) is 0 Å². The van der Waals surface area contributed by atoms with Gasteiger partial charge in [-0.1, -0.05) is 43.7 Å². The summed E-state index contributed by atoms with van der Waals surface area (Å²) in [6, 6.07) is 10.7. The molecular formula is C14H23NO. The van der Waals surface area contributed by atoms with E-state index in [1.54, 1.807) is 0 Å². The van der Waals surface area contributed by atoms with E-state index < -0.39 is 0 Å². The van der Waals surface area contributed by atoms with Gasteiger partial charge in [-0.3, -0.25) is 0 Å². The molecule has 2 atom stereocenters. The van der Waals surface area contributed by atoms with Crippen molar-refractivity contribution in [1.82, 2.24) is 5.32 Å². The summed E-state index contributed by atoms with van der Waals surface area (Å²) in [5.41, 5.74) is 1.29. The van der Waals surface area contributed by atoms with Gasteiger partial charge in [0.15, 0.2) is 0 Å². The number of rotatable bonds is 7. The van der Waals surface area contributed by atoms with Crippen LogP contribution >= 0.6 is 0 Å². The lowest BCUT2D eigenvalue weighted by molar-refractivity contribution is 0.0387. The minimum atomic E-state index is 0.207. The molecule has 0 radical (unpaired) electrons. The van der Waals surface area contributed by atoms with Gasteiger partial charge in [-0.15, -0.1) is 0 Å². The maximum Gasteiger partial charge on any atom is 0.0741 e. The van der Waals surface area contributed by atoms with E-state index >= 15 is 0 Å². The summed E-state index contributed by atoms with van der Waals surface area (Å²) in [6.07, 6.45) is 2.52. The first kappa shape index (κ1) is 13.2. The smallest absolute Gasteiger partial charge is 0.0741 e. The van der Waals surface area contributed by atoms with Crippen LogP contribution in [0.3, 0.4) is 0 Å². The molecule has 1 rings (SSSR count). The summed E-state index contributed by atoms with van der Waals surface area (Å²) in [7, 11) is 1.98. The van der Waals surface area contributed by atoms with Gasteiger partial charge in [0.2, 0.25) is 0 Å². The van der Waals surface area contributed by atoms with Gasteiger partial charge in [0.1, 0.15) is 0 Å². The van der Waals surface area contributed by atoms with Gasteiger partial charge in [-0.2, -0.15) is 0 Å². The first-order valence-electron chi connectivity index (χ1n) is 6.13. The summed E-state index contributed by atoms with van der Waals surface area (Å²) >= 11 is 0. The number of benzene rings is 1. The van der Waals surface area contributed by atoms with Crippen LogP contribution < -0.4 is 5.32 Å². The minimum Gasteiger partial charge on any atom is -0.377 e. The second-order valence-electron chi connectivity index (χ2n) is 4.11. The average Bonchev–Trinajstić information content (AvgIpc) is 2.32. The van der Waals surface area contributed by atoms with Crippen molar-refractivity contribution in [3.05, 3.63) is 35.9 Å². The highest BCUT2D eigenvalue weighted by Gasteiger charge is 2.17. The Hall–Kier alpha value is -0.860. The van der Waals surface area contributed by atoms with Crippen LogP contribution in [-0.2, 0) is 4.74 Å². The lowest BCUT2D eigenvalue weighted by atomic mass is 10.0. The Labute approximate surface area is 99.0 Å². The van der Waals surface area contributed by atoms with Gasteiger partial charge < -0.3 is 10.1 Å². The Kier molecular flexibility index (Phi) is 6.12. The van der Waals surface area contributed by atoms with E-state index in [9.17, 15) is 0 Å². The van der Waals surface area contributed by atoms with Crippen molar-refractivity contribution in [2.24, 2.45) is 0 Å². The third-order valence-corrected chi connectivity index (χ3v) is 2.82. The molecule has 2 unspecified atom stereocenters. The van der Waals surface area contributed by atoms with Crippen molar-refractivity contribution >= 4 is 0 Å². The third kappa shape index (κ3) is 3.95. The molecule has 90 valence electrons. The molecule has 0 amide bonds. The molecule has 0 aliphatic carbocycles. The standard InChI is InChI=1S/C14H23NO/c1-4-5-11-16-12(2)14(15-3)13-9-7-6-8-10-13/h6-10,12,14-15H,4-5,11H2,1-3H3. The van der Waals surface area contributed by atoms with E-state index in [4.69, 9.17) is 4.74 Å². The maximum absolute atomic E-state index is 5.83. The monoisotopic (exact) mass is 221 g/mol. The summed E-state index contributed by atoms with van der Waals surface area (Å²) in [5.74, 6) is 0. The van der Waals surface area contributed by atoms with Crippen molar-refractivity contribution in [2.75, 3.05) is 13.7 Å². The van der Waals surface area contributed by atoms with E-state index in [2.05, 4.69) is 43.4 Å². The zero-order valence-electron chi connectivity index (χ0n) is 10.6. The summed E-state index contributed by atoms with van der Waals surface area (Å²) in [5, 5.41) is 3.32. The molecular weight excluding hydrogens is 198 g/mol. The summed E-state index contributed by atoms with van der Waals surface area (Å²) in [6.45, 7) is 5.16. The molecule has 1 aromatic carbocycles. The van der Waals surface area contributed by atoms with Gasteiger partial charge in [-0.05, 0) is 26.0 Å². The second kappa shape index (κ2) is 7.42. The molecule has 1 N–H and O–H groups in total. The Morgan fingerprint density at radius 3 is 2.50 bits per heavy atom. The Morgan fingerprint density at radius 1 is 1.25 bits per heavy atom. The first-order valence-corrected chi connectivity index (χ1v) is 6.13. The molecule has 16 heavy (non-hydrogen) atoms. The van der Waals surface area contributed by atoms with Gasteiger partial charge in [0.05, 0.1) is 12.1 Å². The summed E-state index contributed by atoms with van der Waals surface area (Å²) in [4.78, 5) is 0. The van der Waals surface area contributed by atoms with Crippen LogP contribution in [0.5, 0.6) is 0 Å². The van der Waals surface area contributed by atoms with Gasteiger partial charge in [0, 0.05) is 6.61 Å². The lowest BCUT2D eigenvalue weighted by Gasteiger charge is -2.24. The Bertz CT molecular complexity index is 273. The molecule has 0 spiro atoms. The Balaban J connectivity index is 2.53. The quantitative estimate of drug-likeness (QED) is 0.714. The molecule has 0 fully saturated rings. The fourth-order valence-electron chi connectivity index (χ4n) is 1.84. The largest absolute Gasteiger partial charge is 0.377 e. The predicted octanol–water partition coefficient (Wildman–Crippen LogP) is 3.15. The second-order valence-corrected chi connectivity index (χ2v) is 4.11. The number of ether oxygens (including phenoxy) is 1. The van der Waals surface area contributed by atoms with Crippen LogP contribution in [0.15, 0.2) is 30.3 Å². The van der Waals surface area contributed by atoms with Crippen LogP contribution in [0.25, 0.3) is 0 Å². The molecule has 0 aliphatic rings. The third-order valence-electron chi connectivity index (χ3n) is 2.82. The number of nitrogens with one attached hydrogen (secondary N) is 1. The highest BCUT2D eigenvalue weighted by Crippen LogP contribution is 2.18. The minimum absolute atomic E-state index is 0.207. The highest BCUT2D eigenvalue weighted by atomic mass is 16.5. The van der Waals surface area contributed by atoms with Crippen molar-refractivity contribution in [2.45, 2.75) is 38.8 Å². The number of likely N-dealkylation sites (N-methyl/N-ethyl adjacent to an activating group) is 1. The topological polar surface area (TPSA) is 21.3 Å². The van der Waals surface area contributed by atoms with Crippen LogP contribution in [0.2, 0.25) is 0 Å². The van der Waals surface area contributed by atoms with Gasteiger partial charge in [-0.25, -0.2) is 0 Å². The zero-order valence-corrected chi connectivity index (χ0v) is 10.6. The fraction of sp³-hybridized carbons (Fsp3) is 0.571. The molecule has 1 aromatic rings. The molecule has 0 aliphatic heterocycles. The number of unbranched alkanes of at least 4 members (excludes halogenated alkanes) is 1. The van der Waals surface area contributed by atoms with Crippen LogP contribution in [0.1, 0.15) is 38.3 Å². The predicted molar refractivity (Wildman–Crippen MR) is 68.6 cm³/mol. The van der Waals surface area contributed by atoms with Crippen molar-refractivity contribution in [3.63, 3.8) is 0 Å². The molecule has 2 nitrogen and oxygen atoms in total. The molecule has 0 aromatic heterocycles. The molecule has 0 saturated carbocycles. The van der Waals surface area contributed by atoms with Crippen LogP contribution in [-0.4, -0.2) is 19.8 Å². The average molecular weight is 221 g/mol. The SMILES string of the molecule is CCCCOC(C)C(NC)c1ccccc1. The van der Waals surface area contributed by atoms with E-state index in [0.717, 1.165) is 13.0 Å². The van der Waals surface area contributed by atoms with Crippen molar-refractivity contribution < 1.29 is 4.74 Å². The molecule has 0 bridgehead atoms. The van der Waals surface area contributed by atoms with Crippen molar-refractivity contribution in [1.29, 1.82) is 0 Å². The molecule has 0 saturated heterocycles. The first-order chi connectivity index (χ1) is 7.79. The van der Waals surface area contributed by atoms with Gasteiger partial charge >= 0.3 is 0 Å². The Morgan fingerprint density at radius 2 is 1.94 bits per heavy atom. The van der Waals surface area contributed by atoms with E-state index in [1.165, 1.54) is 12.0 Å². The maximum atomic E-state index is 5.83. The summed E-state index contributed by atoms with van der Waals surface area (Å²) < 4.78 is 5.83. The normalized spacial score (nSPS) is 14.7. The van der Waals surface area contributed by atoms with Crippen LogP contribution in [0, 0.1) is 0 Å². The number of hydrogen-bond donors (Lipinski definition) is 1. The van der Waals surface area contributed by atoms with Crippen LogP contribution in [0.4, 0.5) is 0 Å². The highest BCUT2D eigenvalue weighted by molar-refractivity contribution is 5.19. The number of hydrogen-bond acceptors (Lipinski definition) is 2. The van der Waals surface area contributed by atoms with E-state index in [1.807, 2.05) is 13.1 Å². The van der Waals surface area contributed by atoms with Gasteiger partial charge in [0.25, 0.3) is 0 Å². The van der Waals surface area contributed by atoms with E-state index in [-0.39, 0.29) is 12.1 Å².